The molecule has 60 heavy (non-hydrogen) atoms. The summed E-state index contributed by atoms with van der Waals surface area (Å²) < 4.78 is 13.3. The molecule has 14 heteroatoms. The number of urea groups is 1. The van der Waals surface area contributed by atoms with Crippen LogP contribution in [0.2, 0.25) is 0 Å². The molecule has 3 aliphatic rings. The number of para-hydroxylation sites is 1. The van der Waals surface area contributed by atoms with Crippen molar-refractivity contribution in [1.82, 2.24) is 15.2 Å². The number of thiazole rings is 1. The molecule has 6 atom stereocenters. The third-order valence-corrected chi connectivity index (χ3v) is 12.2. The number of cyclic esters (lactones) is 1. The van der Waals surface area contributed by atoms with Crippen molar-refractivity contribution >= 4 is 56.2 Å². The Labute approximate surface area is 348 Å². The minimum Gasteiger partial charge on any atom is -0.491 e. The lowest BCUT2D eigenvalue weighted by Gasteiger charge is -2.46. The van der Waals surface area contributed by atoms with Crippen LogP contribution in [0.25, 0.3) is 10.2 Å². The Hall–Kier alpha value is -7.05. The third kappa shape index (κ3) is 6.68. The van der Waals surface area contributed by atoms with E-state index < -0.39 is 59.4 Å². The molecule has 6 N–H and O–H groups in total. The van der Waals surface area contributed by atoms with Gasteiger partial charge in [-0.05, 0) is 64.7 Å². The molecule has 2 saturated heterocycles. The van der Waals surface area contributed by atoms with E-state index in [1.54, 1.807) is 36.4 Å². The van der Waals surface area contributed by atoms with E-state index in [-0.39, 0.29) is 19.8 Å². The number of hydrogen-bond acceptors (Lipinski definition) is 10. The van der Waals surface area contributed by atoms with Crippen LogP contribution in [0.15, 0.2) is 127 Å². The maximum Gasteiger partial charge on any atom is 0.324 e. The second kappa shape index (κ2) is 16.0. The van der Waals surface area contributed by atoms with Crippen molar-refractivity contribution in [3.05, 3.63) is 155 Å². The van der Waals surface area contributed by atoms with Crippen LogP contribution >= 0.6 is 11.3 Å². The van der Waals surface area contributed by atoms with E-state index in [2.05, 4.69) is 32.8 Å². The maximum atomic E-state index is 15.5. The summed E-state index contributed by atoms with van der Waals surface area (Å²) in [6.07, 6.45) is -0.851. The van der Waals surface area contributed by atoms with Crippen molar-refractivity contribution in [2.75, 3.05) is 30.4 Å². The van der Waals surface area contributed by atoms with Gasteiger partial charge in [-0.1, -0.05) is 108 Å². The molecule has 13 nitrogen and oxygen atoms in total. The minimum absolute atomic E-state index is 0.0177. The number of rotatable bonds is 9. The summed E-state index contributed by atoms with van der Waals surface area (Å²) in [5.74, 6) is 3.20. The monoisotopic (exact) mass is 818 g/mol. The number of amides is 4. The van der Waals surface area contributed by atoms with Crippen molar-refractivity contribution in [2.24, 2.45) is 11.7 Å². The smallest absolute Gasteiger partial charge is 0.324 e. The van der Waals surface area contributed by atoms with Gasteiger partial charge in [-0.15, -0.1) is 0 Å². The van der Waals surface area contributed by atoms with E-state index in [0.717, 1.165) is 15.8 Å². The van der Waals surface area contributed by atoms with Crippen molar-refractivity contribution < 1.29 is 33.8 Å². The number of primary amides is 1. The van der Waals surface area contributed by atoms with E-state index in [9.17, 15) is 9.90 Å². The lowest BCUT2D eigenvalue weighted by molar-refractivity contribution is -0.177. The van der Waals surface area contributed by atoms with Gasteiger partial charge in [0.05, 0.1) is 41.4 Å². The first-order valence-electron chi connectivity index (χ1n) is 19.3. The van der Waals surface area contributed by atoms with Crippen LogP contribution in [0.5, 0.6) is 5.75 Å². The summed E-state index contributed by atoms with van der Waals surface area (Å²) in [7, 11) is 0. The number of nitrogens with two attached hydrogens (primary N) is 1. The standard InChI is InChI=1S/C46H38N6O7S/c47-44(57)48-22-10-11-27-20-21-33-32(25-27)46(43(56)49-33)36(41(54)51-45-50-34-18-7-8-19-35(34)60-45)38-42(55)59-39(29-14-5-2-6-15-29)37(28-12-3-1-4-13-28)52(38)40(46)30-16-9-17-31(26-30)58-24-23-53/h1-9,12-21,25-26,36-40,53H,22-24H2,(H,49,56)(H3,47,48,57)(H,50,51,54)/t36-,37-,38-,39+,40+,46-/m0/s1. The summed E-state index contributed by atoms with van der Waals surface area (Å²) in [6.45, 7) is -0.231. The Morgan fingerprint density at radius 2 is 1.63 bits per heavy atom. The molecule has 0 unspecified atom stereocenters. The summed E-state index contributed by atoms with van der Waals surface area (Å²) >= 11 is 1.28. The third-order valence-electron chi connectivity index (χ3n) is 11.2. The fraction of sp³-hybridized carbons (Fsp3) is 0.196. The molecule has 5 aromatic carbocycles. The van der Waals surface area contributed by atoms with E-state index >= 15 is 14.4 Å². The molecule has 9 rings (SSSR count). The average Bonchev–Trinajstić information content (AvgIpc) is 3.91. The maximum absolute atomic E-state index is 15.5. The Kier molecular flexibility index (Phi) is 10.2. The number of aromatic nitrogens is 1. The molecule has 300 valence electrons. The topological polar surface area (TPSA) is 185 Å². The number of fused-ring (bicyclic) bond motifs is 4. The number of carbonyl (C=O) groups is 4. The van der Waals surface area contributed by atoms with Crippen molar-refractivity contribution in [2.45, 2.75) is 29.6 Å². The molecule has 6 aromatic rings. The molecule has 0 saturated carbocycles. The highest BCUT2D eigenvalue weighted by atomic mass is 32.1. The predicted octanol–water partition coefficient (Wildman–Crippen LogP) is 5.60. The Morgan fingerprint density at radius 1 is 0.900 bits per heavy atom. The highest BCUT2D eigenvalue weighted by Crippen LogP contribution is 2.65. The second-order valence-corrected chi connectivity index (χ2v) is 15.7. The number of esters is 1. The van der Waals surface area contributed by atoms with Gasteiger partial charge < -0.3 is 36.3 Å². The quantitative estimate of drug-likeness (QED) is 0.0916. The molecule has 4 heterocycles. The van der Waals surface area contributed by atoms with Crippen LogP contribution in [0.4, 0.5) is 15.6 Å². The predicted molar refractivity (Wildman–Crippen MR) is 225 cm³/mol. The van der Waals surface area contributed by atoms with Crippen LogP contribution in [-0.2, 0) is 24.5 Å². The number of nitrogens with zero attached hydrogens (tertiary/aromatic N) is 2. The zero-order chi connectivity index (χ0) is 41.4. The molecule has 3 aliphatic heterocycles. The van der Waals surface area contributed by atoms with Crippen LogP contribution in [-0.4, -0.2) is 64.6 Å². The van der Waals surface area contributed by atoms with Crippen molar-refractivity contribution in [3.63, 3.8) is 0 Å². The molecule has 0 radical (unpaired) electrons. The number of aliphatic hydroxyl groups is 1. The van der Waals surface area contributed by atoms with Gasteiger partial charge >= 0.3 is 12.0 Å². The lowest BCUT2D eigenvalue weighted by atomic mass is 9.65. The van der Waals surface area contributed by atoms with Gasteiger partial charge in [0.15, 0.2) is 5.13 Å². The average molecular weight is 819 g/mol. The first kappa shape index (κ1) is 38.5. The number of nitrogens with one attached hydrogen (secondary N) is 3. The second-order valence-electron chi connectivity index (χ2n) is 14.6. The van der Waals surface area contributed by atoms with Gasteiger partial charge in [0.2, 0.25) is 11.8 Å². The molecular weight excluding hydrogens is 781 g/mol. The number of ether oxygens (including phenoxy) is 2. The number of morpholine rings is 1. The number of aliphatic hydroxyl groups excluding tert-OH is 1. The van der Waals surface area contributed by atoms with E-state index in [4.69, 9.17) is 15.2 Å². The molecule has 2 fully saturated rings. The minimum atomic E-state index is -1.79. The Bertz CT molecular complexity index is 2670. The van der Waals surface area contributed by atoms with Gasteiger partial charge in [-0.3, -0.25) is 19.3 Å². The molecule has 1 aromatic heterocycles. The van der Waals surface area contributed by atoms with E-state index in [0.29, 0.717) is 38.8 Å². The fourth-order valence-corrected chi connectivity index (χ4v) is 9.86. The number of benzene rings is 5. The van der Waals surface area contributed by atoms with Crippen LogP contribution in [0.3, 0.4) is 0 Å². The van der Waals surface area contributed by atoms with Gasteiger partial charge in [0, 0.05) is 11.3 Å². The lowest BCUT2D eigenvalue weighted by Crippen LogP contribution is -2.53. The largest absolute Gasteiger partial charge is 0.491 e. The first-order valence-corrected chi connectivity index (χ1v) is 20.2. The number of hydrogen-bond donors (Lipinski definition) is 5. The van der Waals surface area contributed by atoms with E-state index in [1.807, 2.05) is 95.9 Å². The van der Waals surface area contributed by atoms with Gasteiger partial charge in [-0.2, -0.15) is 0 Å². The Balaban J connectivity index is 1.31. The summed E-state index contributed by atoms with van der Waals surface area (Å²) in [5.41, 5.74) is 7.65. The van der Waals surface area contributed by atoms with Crippen molar-refractivity contribution in [1.29, 1.82) is 0 Å². The highest BCUT2D eigenvalue weighted by molar-refractivity contribution is 7.22. The zero-order valence-corrected chi connectivity index (χ0v) is 32.7. The molecule has 0 aliphatic carbocycles. The SMILES string of the molecule is NC(=O)NCC#Cc1ccc2c(c1)[C@]1(C(=O)N2)[C@H](C(=O)Nc2nc3ccccc3s2)[C@H]2C(=O)O[C@H](c3ccccc3)[C@H](c3ccccc3)N2[C@@H]1c1cccc(OCCO)c1. The Morgan fingerprint density at radius 3 is 2.38 bits per heavy atom. The number of carbonyl (C=O) groups excluding carboxylic acids is 4. The molecule has 0 bridgehead atoms. The molecule has 4 amide bonds. The zero-order valence-electron chi connectivity index (χ0n) is 31.9. The van der Waals surface area contributed by atoms with E-state index in [1.165, 1.54) is 11.3 Å². The van der Waals surface area contributed by atoms with Crippen molar-refractivity contribution in [3.8, 4) is 17.6 Å². The van der Waals surface area contributed by atoms with Crippen LogP contribution in [0.1, 0.15) is 46.0 Å². The summed E-state index contributed by atoms with van der Waals surface area (Å²) in [5, 5.41) is 18.5. The first-order chi connectivity index (χ1) is 29.3. The van der Waals surface area contributed by atoms with Gasteiger partial charge in [0.1, 0.15) is 29.9 Å². The van der Waals surface area contributed by atoms with Crippen LogP contribution in [0, 0.1) is 17.8 Å². The van der Waals surface area contributed by atoms with Crippen LogP contribution < -0.4 is 26.4 Å². The van der Waals surface area contributed by atoms with Gasteiger partial charge in [-0.25, -0.2) is 9.78 Å². The fourth-order valence-electron chi connectivity index (χ4n) is 9.00. The summed E-state index contributed by atoms with van der Waals surface area (Å²) in [6, 6.07) is 35.2. The normalized spacial score (nSPS) is 22.9. The number of anilines is 2. The molecular formula is C46H38N6O7S. The van der Waals surface area contributed by atoms with Gasteiger partial charge in [0.25, 0.3) is 0 Å². The highest BCUT2D eigenvalue weighted by Gasteiger charge is 2.74. The molecule has 1 spiro atoms. The summed E-state index contributed by atoms with van der Waals surface area (Å²) in [4.78, 5) is 64.0.